The van der Waals surface area contributed by atoms with Gasteiger partial charge in [-0.15, -0.1) is 0 Å². The van der Waals surface area contributed by atoms with Crippen LogP contribution in [0.4, 0.5) is 4.39 Å². The number of halogens is 1. The Hall–Kier alpha value is -3.27. The van der Waals surface area contributed by atoms with E-state index in [0.29, 0.717) is 23.3 Å². The summed E-state index contributed by atoms with van der Waals surface area (Å²) in [5.74, 6) is -0.930. The van der Waals surface area contributed by atoms with Crippen LogP contribution in [0.15, 0.2) is 40.8 Å². The van der Waals surface area contributed by atoms with Gasteiger partial charge in [0.1, 0.15) is 21.2 Å². The summed E-state index contributed by atoms with van der Waals surface area (Å²) in [5, 5.41) is 0. The first kappa shape index (κ1) is 27.8. The number of piperazine rings is 1. The average molecular weight is 544 g/mol. The molecule has 3 heterocycles. The van der Waals surface area contributed by atoms with Crippen LogP contribution in [0.2, 0.25) is 0 Å². The lowest BCUT2D eigenvalue weighted by atomic mass is 9.86. The SMILES string of the molecule is CC(C)(C)c1cc(-c2ccc(F)cc2)nc2cc(C(=O)N3CCN(C(=O)CCS(C)(=O)=O)CC3(C)C)oc12. The van der Waals surface area contributed by atoms with E-state index in [4.69, 9.17) is 9.40 Å². The minimum absolute atomic E-state index is 0.0793. The summed E-state index contributed by atoms with van der Waals surface area (Å²) in [6, 6.07) is 9.66. The van der Waals surface area contributed by atoms with Crippen molar-refractivity contribution in [1.82, 2.24) is 14.8 Å². The molecule has 1 fully saturated rings. The van der Waals surface area contributed by atoms with Crippen molar-refractivity contribution < 1.29 is 26.8 Å². The van der Waals surface area contributed by atoms with Crippen molar-refractivity contribution in [3.8, 4) is 11.3 Å². The summed E-state index contributed by atoms with van der Waals surface area (Å²) in [7, 11) is -3.24. The Bertz CT molecular complexity index is 1490. The van der Waals surface area contributed by atoms with Crippen LogP contribution in [0.1, 0.15) is 57.2 Å². The zero-order valence-corrected chi connectivity index (χ0v) is 23.5. The standard InChI is InChI=1S/C28H34FN3O5S/c1-27(2,3)20-15-21(18-7-9-19(29)10-8-18)30-22-16-23(37-25(20)22)26(34)32-13-12-31(17-28(32,4)5)24(33)11-14-38(6,35)36/h7-10,15-16H,11-14,17H2,1-6H3. The molecule has 10 heteroatoms. The van der Waals surface area contributed by atoms with E-state index in [0.717, 1.165) is 17.4 Å². The second kappa shape index (κ2) is 9.80. The number of fused-ring (bicyclic) bond motifs is 1. The highest BCUT2D eigenvalue weighted by Crippen LogP contribution is 2.35. The van der Waals surface area contributed by atoms with E-state index in [-0.39, 0.29) is 54.1 Å². The van der Waals surface area contributed by atoms with E-state index in [1.165, 1.54) is 12.1 Å². The summed E-state index contributed by atoms with van der Waals surface area (Å²) in [4.78, 5) is 34.3. The van der Waals surface area contributed by atoms with Gasteiger partial charge in [0.2, 0.25) is 5.91 Å². The molecule has 1 aliphatic heterocycles. The molecule has 0 spiro atoms. The predicted molar refractivity (Wildman–Crippen MR) is 144 cm³/mol. The maximum atomic E-state index is 13.7. The number of rotatable bonds is 5. The van der Waals surface area contributed by atoms with Gasteiger partial charge in [0.15, 0.2) is 11.3 Å². The summed E-state index contributed by atoms with van der Waals surface area (Å²) < 4.78 is 42.5. The zero-order valence-electron chi connectivity index (χ0n) is 22.7. The number of hydrogen-bond donors (Lipinski definition) is 0. The van der Waals surface area contributed by atoms with Crippen molar-refractivity contribution in [3.63, 3.8) is 0 Å². The number of carbonyl (C=O) groups is 2. The van der Waals surface area contributed by atoms with Crippen LogP contribution in [-0.4, -0.2) is 72.2 Å². The number of pyridine rings is 1. The lowest BCUT2D eigenvalue weighted by Crippen LogP contribution is -2.62. The molecule has 2 amide bonds. The van der Waals surface area contributed by atoms with Gasteiger partial charge in [0, 0.05) is 49.5 Å². The first-order chi connectivity index (χ1) is 17.5. The third-order valence-electron chi connectivity index (χ3n) is 6.82. The molecule has 0 atom stereocenters. The fourth-order valence-corrected chi connectivity index (χ4v) is 5.31. The van der Waals surface area contributed by atoms with Gasteiger partial charge >= 0.3 is 0 Å². The van der Waals surface area contributed by atoms with Crippen molar-refractivity contribution >= 4 is 32.8 Å². The van der Waals surface area contributed by atoms with Crippen molar-refractivity contribution in [3.05, 3.63) is 53.5 Å². The lowest BCUT2D eigenvalue weighted by Gasteiger charge is -2.46. The van der Waals surface area contributed by atoms with E-state index in [1.807, 2.05) is 40.7 Å². The lowest BCUT2D eigenvalue weighted by molar-refractivity contribution is -0.135. The van der Waals surface area contributed by atoms with Crippen LogP contribution in [0.3, 0.4) is 0 Å². The van der Waals surface area contributed by atoms with Gasteiger partial charge in [-0.2, -0.15) is 0 Å². The Labute approximate surface area is 222 Å². The molecule has 1 aromatic carbocycles. The molecule has 0 aliphatic carbocycles. The summed E-state index contributed by atoms with van der Waals surface area (Å²) in [5.41, 5.74) is 2.34. The number of amides is 2. The molecule has 8 nitrogen and oxygen atoms in total. The molecular formula is C28H34FN3O5S. The van der Waals surface area contributed by atoms with Gasteiger partial charge in [-0.05, 0) is 49.6 Å². The molecule has 2 aromatic heterocycles. The van der Waals surface area contributed by atoms with Gasteiger partial charge in [-0.25, -0.2) is 17.8 Å². The van der Waals surface area contributed by atoms with Crippen LogP contribution in [0, 0.1) is 5.82 Å². The van der Waals surface area contributed by atoms with Crippen molar-refractivity contribution in [2.45, 2.75) is 52.0 Å². The number of aromatic nitrogens is 1. The zero-order chi connectivity index (χ0) is 28.0. The summed E-state index contributed by atoms with van der Waals surface area (Å²) in [6.45, 7) is 10.7. The van der Waals surface area contributed by atoms with Gasteiger partial charge in [0.25, 0.3) is 5.91 Å². The topological polar surface area (TPSA) is 101 Å². The van der Waals surface area contributed by atoms with Crippen molar-refractivity contribution in [2.75, 3.05) is 31.6 Å². The molecule has 0 saturated carbocycles. The number of nitrogens with zero attached hydrogens (tertiary/aromatic N) is 3. The first-order valence-corrected chi connectivity index (χ1v) is 14.6. The smallest absolute Gasteiger partial charge is 0.290 e. The highest BCUT2D eigenvalue weighted by Gasteiger charge is 2.40. The van der Waals surface area contributed by atoms with Crippen molar-refractivity contribution in [2.24, 2.45) is 0 Å². The summed E-state index contributed by atoms with van der Waals surface area (Å²) in [6.07, 6.45) is 1.03. The second-order valence-electron chi connectivity index (χ2n) is 11.6. The van der Waals surface area contributed by atoms with Crippen LogP contribution < -0.4 is 0 Å². The molecule has 38 heavy (non-hydrogen) atoms. The molecule has 0 N–H and O–H groups in total. The van der Waals surface area contributed by atoms with Crippen LogP contribution in [0.5, 0.6) is 0 Å². The highest BCUT2D eigenvalue weighted by molar-refractivity contribution is 7.90. The Morgan fingerprint density at radius 2 is 1.76 bits per heavy atom. The van der Waals surface area contributed by atoms with Gasteiger partial charge in [0.05, 0.1) is 17.0 Å². The molecule has 1 saturated heterocycles. The largest absolute Gasteiger partial charge is 0.449 e. The highest BCUT2D eigenvalue weighted by atomic mass is 32.2. The molecule has 204 valence electrons. The van der Waals surface area contributed by atoms with E-state index in [2.05, 4.69) is 0 Å². The quantitative estimate of drug-likeness (QED) is 0.472. The molecular weight excluding hydrogens is 509 g/mol. The van der Waals surface area contributed by atoms with Crippen molar-refractivity contribution in [1.29, 1.82) is 0 Å². The van der Waals surface area contributed by atoms with Gasteiger partial charge in [-0.1, -0.05) is 20.8 Å². The van der Waals surface area contributed by atoms with Gasteiger partial charge < -0.3 is 14.2 Å². The minimum Gasteiger partial charge on any atom is -0.449 e. The van der Waals surface area contributed by atoms with Gasteiger partial charge in [-0.3, -0.25) is 9.59 Å². The van der Waals surface area contributed by atoms with E-state index >= 15 is 0 Å². The monoisotopic (exact) mass is 543 g/mol. The number of benzene rings is 1. The Morgan fingerprint density at radius 3 is 2.34 bits per heavy atom. The first-order valence-electron chi connectivity index (χ1n) is 12.5. The molecule has 4 rings (SSSR count). The second-order valence-corrected chi connectivity index (χ2v) is 13.9. The number of carbonyl (C=O) groups excluding carboxylic acids is 2. The van der Waals surface area contributed by atoms with Crippen LogP contribution in [-0.2, 0) is 20.0 Å². The fourth-order valence-electron chi connectivity index (χ4n) is 4.76. The third-order valence-corrected chi connectivity index (χ3v) is 7.77. The maximum absolute atomic E-state index is 13.7. The number of hydrogen-bond acceptors (Lipinski definition) is 6. The maximum Gasteiger partial charge on any atom is 0.290 e. The van der Waals surface area contributed by atoms with E-state index in [1.54, 1.807) is 28.0 Å². The van der Waals surface area contributed by atoms with Crippen LogP contribution >= 0.6 is 0 Å². The normalized spacial score (nSPS) is 16.2. The molecule has 0 radical (unpaired) electrons. The molecule has 3 aromatic rings. The van der Waals surface area contributed by atoms with Crippen LogP contribution in [0.25, 0.3) is 22.4 Å². The Balaban J connectivity index is 1.63. The number of sulfone groups is 1. The Morgan fingerprint density at radius 1 is 1.11 bits per heavy atom. The van der Waals surface area contributed by atoms with E-state index in [9.17, 15) is 22.4 Å². The predicted octanol–water partition coefficient (Wildman–Crippen LogP) is 4.43. The third kappa shape index (κ3) is 5.90. The number of furan rings is 1. The average Bonchev–Trinajstić information content (AvgIpc) is 3.24. The summed E-state index contributed by atoms with van der Waals surface area (Å²) >= 11 is 0. The molecule has 1 aliphatic rings. The minimum atomic E-state index is -3.24. The Kier molecular flexibility index (Phi) is 7.16. The molecule has 0 bridgehead atoms. The fraction of sp³-hybridized carbons (Fsp3) is 0.464. The van der Waals surface area contributed by atoms with E-state index < -0.39 is 15.4 Å². The molecule has 0 unspecified atom stereocenters.